The molecule has 10 aromatic heterocycles. The topological polar surface area (TPSA) is 314 Å². The van der Waals surface area contributed by atoms with Crippen molar-refractivity contribution in [3.8, 4) is 0 Å². The van der Waals surface area contributed by atoms with Gasteiger partial charge < -0.3 is 53.2 Å². The highest BCUT2D eigenvalue weighted by molar-refractivity contribution is 6.33. The van der Waals surface area contributed by atoms with Gasteiger partial charge in [-0.1, -0.05) is 170 Å². The Bertz CT molecular complexity index is 6280. The number of aromatic nitrogens is 15. The molecule has 0 amide bonds. The van der Waals surface area contributed by atoms with E-state index in [4.69, 9.17) is 58.0 Å². The molecule has 142 heavy (non-hydrogen) atoms. The summed E-state index contributed by atoms with van der Waals surface area (Å²) in [5, 5.41) is 43.2. The number of pyridine rings is 5. The Balaban J connectivity index is 0.000000170. The molecule has 0 saturated heterocycles. The predicted molar refractivity (Wildman–Crippen MR) is 601 cm³/mol. The second-order valence-corrected chi connectivity index (χ2v) is 37.7. The van der Waals surface area contributed by atoms with Gasteiger partial charge in [-0.15, -0.1) is 0 Å². The third-order valence-electron chi connectivity index (χ3n) is 23.6. The van der Waals surface area contributed by atoms with Crippen LogP contribution in [0.2, 0.25) is 25.1 Å². The molecule has 0 saturated carbocycles. The molecule has 30 heteroatoms. The van der Waals surface area contributed by atoms with E-state index in [1.807, 2.05) is 191 Å². The Morgan fingerprint density at radius 2 is 0.423 bits per heavy atom. The second kappa shape index (κ2) is 63.1. The third-order valence-corrected chi connectivity index (χ3v) is 24.8. The van der Waals surface area contributed by atoms with E-state index < -0.39 is 0 Å². The fourth-order valence-electron chi connectivity index (χ4n) is 16.1. The molecular formula is C112H144Cl5N25. The number of anilines is 10. The van der Waals surface area contributed by atoms with Gasteiger partial charge in [-0.05, 0) is 282 Å². The summed E-state index contributed by atoms with van der Waals surface area (Å²) < 4.78 is 0. The highest BCUT2D eigenvalue weighted by Gasteiger charge is 2.14. The second-order valence-electron chi connectivity index (χ2n) is 35.6. The number of hydrogen-bond donors (Lipinski definition) is 10. The summed E-state index contributed by atoms with van der Waals surface area (Å²) >= 11 is 30.3. The lowest BCUT2D eigenvalue weighted by atomic mass is 10.1. The zero-order chi connectivity index (χ0) is 99.9. The molecule has 0 spiro atoms. The number of aryl methyl sites for hydroxylation is 8. The lowest BCUT2D eigenvalue weighted by molar-refractivity contribution is 0.643. The van der Waals surface area contributed by atoms with Gasteiger partial charge in [-0.2, -0.15) is 0 Å². The van der Waals surface area contributed by atoms with Crippen LogP contribution in [0.25, 0.3) is 54.5 Å². The quantitative estimate of drug-likeness (QED) is 0.0158. The predicted octanol–water partition coefficient (Wildman–Crippen LogP) is 29.1. The number of benzene rings is 5. The maximum atomic E-state index is 6.07. The van der Waals surface area contributed by atoms with Crippen LogP contribution in [-0.2, 0) is 32.1 Å². The van der Waals surface area contributed by atoms with Crippen molar-refractivity contribution in [1.29, 1.82) is 0 Å². The molecule has 0 radical (unpaired) electrons. The number of nitrogens with zero attached hydrogens (tertiary/aromatic N) is 15. The maximum Gasteiger partial charge on any atom is 0.223 e. The van der Waals surface area contributed by atoms with Gasteiger partial charge in [-0.3, -0.25) is 24.9 Å². The number of nitrogens with one attached hydrogen (secondary N) is 10. The van der Waals surface area contributed by atoms with Crippen LogP contribution >= 0.6 is 58.0 Å². The van der Waals surface area contributed by atoms with E-state index in [1.165, 1.54) is 70.6 Å². The van der Waals surface area contributed by atoms with Crippen molar-refractivity contribution in [3.05, 3.63) is 266 Å². The Kier molecular flexibility index (Phi) is 49.1. The molecule has 0 aliphatic rings. The largest absolute Gasteiger partial charge is 0.384 e. The summed E-state index contributed by atoms with van der Waals surface area (Å²) in [6.07, 6.45) is 45.6. The molecule has 0 aliphatic carbocycles. The van der Waals surface area contributed by atoms with Crippen LogP contribution < -0.4 is 53.2 Å². The average molecular weight is 2020 g/mol. The van der Waals surface area contributed by atoms with E-state index in [1.54, 1.807) is 6.20 Å². The molecule has 752 valence electrons. The molecule has 0 fully saturated rings. The first kappa shape index (κ1) is 110. The van der Waals surface area contributed by atoms with E-state index in [0.717, 1.165) is 339 Å². The van der Waals surface area contributed by atoms with Crippen molar-refractivity contribution < 1.29 is 0 Å². The highest BCUT2D eigenvalue weighted by atomic mass is 35.5. The molecule has 5 aromatic carbocycles. The SMILES string of the molecule is CCCCCCCNc1nccc(CCCCCNc2ccnc3cc(Cl)ccc23)n1.CCCCCCNc1nccc(CCCCCNc2ccnc3cc(Cl)ccc23)n1.CCCCCNc1nc(C)cc(CCCNc2ccnc3cc(Cl)ccc23)n1.CCCCNc1nc(C)cc(CCCNc2ccnc3cc(Cl)ccc23)n1.CCCNc1nc(C)cc(CCCNc2ccnc3cc(Cl)ccc23)n1. The van der Waals surface area contributed by atoms with Crippen molar-refractivity contribution in [2.75, 3.05) is 119 Å². The van der Waals surface area contributed by atoms with Gasteiger partial charge in [-0.25, -0.2) is 49.8 Å². The van der Waals surface area contributed by atoms with Crippen LogP contribution in [0.4, 0.5) is 58.2 Å². The van der Waals surface area contributed by atoms with Gasteiger partial charge in [0.25, 0.3) is 0 Å². The Hall–Kier alpha value is -12.0. The van der Waals surface area contributed by atoms with Crippen LogP contribution in [-0.4, -0.2) is 140 Å². The van der Waals surface area contributed by atoms with Crippen molar-refractivity contribution in [2.24, 2.45) is 0 Å². The molecule has 25 nitrogen and oxygen atoms in total. The molecule has 10 heterocycles. The van der Waals surface area contributed by atoms with Crippen LogP contribution in [0.1, 0.15) is 234 Å². The lowest BCUT2D eigenvalue weighted by Crippen LogP contribution is -2.09. The smallest absolute Gasteiger partial charge is 0.223 e. The number of unbranched alkanes of at least 4 members (excludes halogenated alkanes) is 14. The fraction of sp³-hybridized carbons (Fsp3) is 0.420. The van der Waals surface area contributed by atoms with E-state index in [9.17, 15) is 0 Å². The first-order valence-electron chi connectivity index (χ1n) is 51.3. The molecule has 0 aliphatic heterocycles. The first-order chi connectivity index (χ1) is 69.5. The van der Waals surface area contributed by atoms with E-state index >= 15 is 0 Å². The van der Waals surface area contributed by atoms with Crippen molar-refractivity contribution in [1.82, 2.24) is 74.8 Å². The molecule has 0 unspecified atom stereocenters. The van der Waals surface area contributed by atoms with Crippen molar-refractivity contribution in [3.63, 3.8) is 0 Å². The maximum absolute atomic E-state index is 6.07. The van der Waals surface area contributed by atoms with Gasteiger partial charge >= 0.3 is 0 Å². The Morgan fingerprint density at radius 3 is 0.732 bits per heavy atom. The molecule has 10 N–H and O–H groups in total. The molecule has 0 atom stereocenters. The molecular weight excluding hydrogens is 1870 g/mol. The molecule has 15 rings (SSSR count). The van der Waals surface area contributed by atoms with Gasteiger partial charge in [0, 0.05) is 235 Å². The summed E-state index contributed by atoms with van der Waals surface area (Å²) in [6, 6.07) is 49.3. The first-order valence-corrected chi connectivity index (χ1v) is 53.2. The van der Waals surface area contributed by atoms with E-state index in [0.29, 0.717) is 25.1 Å². The standard InChI is InChI=1S/C25H34ClN5.C24H32ClN5.C22H28ClN5.C21H26ClN5.C20H24ClN5/c1-2-3-4-5-8-16-29-25-30-17-13-21(31-25)10-7-6-9-15-27-23-14-18-28-24-19-20(26)11-12-22(23)24;1-2-3-4-7-15-28-24-29-16-12-20(30-24)9-6-5-8-14-26-22-13-17-27-23-18-19(25)10-11-21(22)23;1-3-4-5-11-26-22-27-16(2)14-18(28-22)7-6-12-24-20-10-13-25-21-15-17(23)8-9-19(20)21;1-3-4-10-25-21-26-15(2)13-17(27-21)6-5-11-23-19-9-12-24-20-14-16(22)7-8-18(19)20;1-3-9-24-20-25-14(2)12-16(26-20)5-4-10-22-18-8-11-23-19-13-15(21)6-7-17(18)19/h11-14,17-19H,2-10,15-16H2,1H3,(H,27,28)(H,29,30,31);10-13,16-18H,2-9,14-15H2,1H3,(H,26,27)(H,28,29,30);8-10,13-15H,3-7,11-12H2,1-2H3,(H,24,25)(H,26,27,28);7-9,12-14H,3-6,10-11H2,1-2H3,(H,23,24)(H,25,26,27);6-8,11-13H,3-5,9-10H2,1-2H3,(H,22,23)(H,24,25,26). The number of rotatable bonds is 54. The summed E-state index contributed by atoms with van der Waals surface area (Å²) in [7, 11) is 0. The third kappa shape index (κ3) is 39.7. The van der Waals surface area contributed by atoms with Gasteiger partial charge in [0.15, 0.2) is 0 Å². The normalized spacial score (nSPS) is 11.0. The zero-order valence-corrected chi connectivity index (χ0v) is 87.9. The number of fused-ring (bicyclic) bond motifs is 5. The monoisotopic (exact) mass is 2010 g/mol. The minimum Gasteiger partial charge on any atom is -0.384 e. The van der Waals surface area contributed by atoms with Crippen LogP contribution in [0.15, 0.2) is 195 Å². The zero-order valence-electron chi connectivity index (χ0n) is 84.2. The number of halogens is 5. The minimum atomic E-state index is 0.703. The minimum absolute atomic E-state index is 0.703. The van der Waals surface area contributed by atoms with Crippen LogP contribution in [0.5, 0.6) is 0 Å². The molecule has 15 aromatic rings. The van der Waals surface area contributed by atoms with Crippen LogP contribution in [0.3, 0.4) is 0 Å². The van der Waals surface area contributed by atoms with Crippen LogP contribution in [0, 0.1) is 20.8 Å². The Labute approximate surface area is 865 Å². The van der Waals surface area contributed by atoms with Crippen molar-refractivity contribution in [2.45, 2.75) is 242 Å². The van der Waals surface area contributed by atoms with Gasteiger partial charge in [0.05, 0.1) is 27.6 Å². The summed E-state index contributed by atoms with van der Waals surface area (Å²) in [4.78, 5) is 67.2. The van der Waals surface area contributed by atoms with E-state index in [-0.39, 0.29) is 0 Å². The highest BCUT2D eigenvalue weighted by Crippen LogP contribution is 2.31. The summed E-state index contributed by atoms with van der Waals surface area (Å²) in [5.41, 5.74) is 18.5. The van der Waals surface area contributed by atoms with Gasteiger partial charge in [0.1, 0.15) is 0 Å². The summed E-state index contributed by atoms with van der Waals surface area (Å²) in [5.74, 6) is 3.74. The lowest BCUT2D eigenvalue weighted by Gasteiger charge is -2.10. The molecule has 0 bridgehead atoms. The summed E-state index contributed by atoms with van der Waals surface area (Å²) in [6.45, 7) is 26.2. The number of hydrogen-bond acceptors (Lipinski definition) is 25. The van der Waals surface area contributed by atoms with Gasteiger partial charge in [0.2, 0.25) is 29.7 Å². The fourth-order valence-corrected chi connectivity index (χ4v) is 17.0. The van der Waals surface area contributed by atoms with Crippen molar-refractivity contribution >= 4 is 171 Å². The average Bonchev–Trinajstić information content (AvgIpc) is 0.852. The Morgan fingerprint density at radius 1 is 0.190 bits per heavy atom. The van der Waals surface area contributed by atoms with E-state index in [2.05, 4.69) is 181 Å².